The fourth-order valence-electron chi connectivity index (χ4n) is 3.22. The van der Waals surface area contributed by atoms with E-state index in [2.05, 4.69) is 25.9 Å². The maximum atomic E-state index is 12.6. The molecule has 3 unspecified atom stereocenters. The first-order valence-corrected chi connectivity index (χ1v) is 10.2. The van der Waals surface area contributed by atoms with Crippen LogP contribution in [0.4, 0.5) is 4.79 Å². The number of alkyl carbamates (subject to hydrolysis) is 1. The summed E-state index contributed by atoms with van der Waals surface area (Å²) in [6.45, 7) is 5.41. The van der Waals surface area contributed by atoms with Crippen LogP contribution in [0.25, 0.3) is 0 Å². The van der Waals surface area contributed by atoms with Crippen LogP contribution in [0, 0.1) is 17.4 Å². The summed E-state index contributed by atoms with van der Waals surface area (Å²) < 4.78 is 14.4. The number of rotatable bonds is 9. The monoisotopic (exact) mass is 451 g/mol. The molecule has 0 saturated carbocycles. The van der Waals surface area contributed by atoms with Gasteiger partial charge in [-0.05, 0) is 0 Å². The van der Waals surface area contributed by atoms with Crippen molar-refractivity contribution in [1.82, 2.24) is 21.3 Å². The molecule has 0 radical (unpaired) electrons. The fourth-order valence-corrected chi connectivity index (χ4v) is 3.22. The van der Waals surface area contributed by atoms with Crippen molar-refractivity contribution in [2.75, 3.05) is 13.7 Å². The van der Waals surface area contributed by atoms with Crippen molar-refractivity contribution >= 4 is 37.2 Å². The van der Waals surface area contributed by atoms with Crippen molar-refractivity contribution in [3.05, 3.63) is 0 Å². The molecule has 3 atom stereocenters. The first-order chi connectivity index (χ1) is 15.1. The van der Waals surface area contributed by atoms with Crippen molar-refractivity contribution in [2.45, 2.75) is 64.1 Å². The third-order valence-electron chi connectivity index (χ3n) is 4.57. The second-order valence-corrected chi connectivity index (χ2v) is 8.12. The number of carbonyl (C=O) groups excluding carboxylic acids is 4. The average molecular weight is 451 g/mol. The van der Waals surface area contributed by atoms with Crippen LogP contribution in [0.5, 0.6) is 0 Å². The Balaban J connectivity index is 2.77. The molecular weight excluding hydrogens is 421 g/mol. The van der Waals surface area contributed by atoms with E-state index in [1.54, 1.807) is 20.8 Å². The van der Waals surface area contributed by atoms with Crippen molar-refractivity contribution in [2.24, 2.45) is 5.92 Å². The van der Waals surface area contributed by atoms with E-state index in [4.69, 9.17) is 14.7 Å². The third-order valence-corrected chi connectivity index (χ3v) is 4.57. The Morgan fingerprint density at radius 1 is 1.34 bits per heavy atom. The average Bonchev–Trinajstić information content (AvgIpc) is 2.70. The maximum absolute atomic E-state index is 12.6. The third kappa shape index (κ3) is 9.68. The minimum absolute atomic E-state index is 0.0988. The molecule has 4 N–H and O–H groups in total. The van der Waals surface area contributed by atoms with Gasteiger partial charge in [-0.2, -0.15) is 0 Å². The van der Waals surface area contributed by atoms with Crippen molar-refractivity contribution in [3.8, 4) is 6.26 Å². The van der Waals surface area contributed by atoms with Crippen LogP contribution in [0.15, 0.2) is 0 Å². The summed E-state index contributed by atoms with van der Waals surface area (Å²) in [7, 11) is 2.27. The van der Waals surface area contributed by atoms with Gasteiger partial charge in [-0.15, -0.1) is 0 Å². The van der Waals surface area contributed by atoms with E-state index in [-0.39, 0.29) is 18.2 Å². The van der Waals surface area contributed by atoms with Gasteiger partial charge in [-0.25, -0.2) is 0 Å². The number of amides is 3. The molecule has 1 fully saturated rings. The summed E-state index contributed by atoms with van der Waals surface area (Å²) >= 11 is 0. The molecule has 0 spiro atoms. The zero-order valence-electron chi connectivity index (χ0n) is 18.7. The van der Waals surface area contributed by atoms with E-state index >= 15 is 0 Å². The first-order valence-electron chi connectivity index (χ1n) is 10.2. The summed E-state index contributed by atoms with van der Waals surface area (Å²) in [5.74, 6) is -1.26. The quantitative estimate of drug-likeness (QED) is 0.153. The molecule has 0 aromatic rings. The van der Waals surface area contributed by atoms with Crippen molar-refractivity contribution in [1.29, 1.82) is 5.26 Å². The van der Waals surface area contributed by atoms with Gasteiger partial charge in [0.25, 0.3) is 0 Å². The number of hydrogen-bond donors (Lipinski definition) is 4. The molecule has 3 amide bonds. The van der Waals surface area contributed by atoms with Crippen molar-refractivity contribution in [3.63, 3.8) is 0 Å². The predicted octanol–water partition coefficient (Wildman–Crippen LogP) is -0.732. The summed E-state index contributed by atoms with van der Waals surface area (Å²) in [6, 6.07) is -1.61. The molecule has 1 heterocycles. The van der Waals surface area contributed by atoms with E-state index < -0.39 is 35.7 Å². The number of carbonyl (C=O) groups is 4. The molecular formula is C19H30BN5O7. The Morgan fingerprint density at radius 2 is 2.06 bits per heavy atom. The standard InChI is InChI=1S/C19H30BN5O7/c1-19(2,3)32-18(29)25-17(20-31-10-21)22-9-8-12-6-5-7-13(16(28)30-4)24-15(27)14(12)23-11-26/h11-14,22H,5-9H2,1-4H3,(H,23,26)(H,24,27)(H,25,29). The molecule has 0 bridgehead atoms. The summed E-state index contributed by atoms with van der Waals surface area (Å²) in [5, 5.41) is 19.1. The van der Waals surface area contributed by atoms with Crippen molar-refractivity contribution < 1.29 is 33.3 Å². The van der Waals surface area contributed by atoms with Gasteiger partial charge in [-0.3, -0.25) is 0 Å². The molecule has 176 valence electrons. The number of ether oxygens (including phenoxy) is 2. The Morgan fingerprint density at radius 3 is 2.66 bits per heavy atom. The Bertz CT molecular complexity index is 747. The number of esters is 1. The molecule has 0 aromatic heterocycles. The molecule has 0 aromatic carbocycles. The summed E-state index contributed by atoms with van der Waals surface area (Å²) in [4.78, 5) is 47.5. The fraction of sp³-hybridized carbons (Fsp3) is 0.684. The molecule has 1 saturated heterocycles. The molecule has 13 heteroatoms. The molecule has 1 aliphatic heterocycles. The zero-order chi connectivity index (χ0) is 24.1. The zero-order valence-corrected chi connectivity index (χ0v) is 18.7. The Kier molecular flexibility index (Phi) is 11.0. The summed E-state index contributed by atoms with van der Waals surface area (Å²) in [6.07, 6.45) is 3.22. The van der Waals surface area contributed by atoms with Gasteiger partial charge < -0.3 is 0 Å². The number of hydrogen-bond acceptors (Lipinski definition) is 9. The number of nitriles is 1. The minimum atomic E-state index is -0.844. The van der Waals surface area contributed by atoms with Gasteiger partial charge in [-0.1, -0.05) is 0 Å². The molecule has 12 nitrogen and oxygen atoms in total. The molecule has 0 aliphatic carbocycles. The van der Waals surface area contributed by atoms with E-state index in [0.29, 0.717) is 32.1 Å². The van der Waals surface area contributed by atoms with Crippen LogP contribution >= 0.6 is 0 Å². The van der Waals surface area contributed by atoms with E-state index in [9.17, 15) is 19.2 Å². The Hall–Kier alpha value is -3.30. The van der Waals surface area contributed by atoms with E-state index in [1.165, 1.54) is 13.4 Å². The Labute approximate surface area is 187 Å². The molecule has 1 rings (SSSR count). The number of nitrogens with one attached hydrogen (secondary N) is 4. The topological polar surface area (TPSA) is 168 Å². The van der Waals surface area contributed by atoms with E-state index in [0.717, 1.165) is 7.12 Å². The number of methoxy groups -OCH3 is 1. The van der Waals surface area contributed by atoms with Crippen LogP contribution in [0.1, 0.15) is 46.5 Å². The van der Waals surface area contributed by atoms with Crippen LogP contribution in [-0.2, 0) is 28.5 Å². The van der Waals surface area contributed by atoms with E-state index in [1.807, 2.05) is 0 Å². The number of nitrogens with zero attached hydrogens (tertiary/aromatic N) is 1. The van der Waals surface area contributed by atoms with Crippen LogP contribution in [-0.4, -0.2) is 68.6 Å². The summed E-state index contributed by atoms with van der Waals surface area (Å²) in [5.41, 5.74) is -0.616. The SMILES string of the molecule is COC(=O)C1CCCC(CCNC(=BOC#N)NC(=O)OC(C)(C)C)C(NC=O)C(=O)N1. The first kappa shape index (κ1) is 26.7. The van der Waals surface area contributed by atoms with Gasteiger partial charge in [0, 0.05) is 0 Å². The predicted molar refractivity (Wildman–Crippen MR) is 114 cm³/mol. The van der Waals surface area contributed by atoms with Crippen LogP contribution in [0.2, 0.25) is 0 Å². The van der Waals surface area contributed by atoms with Gasteiger partial charge in [0.05, 0.1) is 0 Å². The second-order valence-electron chi connectivity index (χ2n) is 8.12. The van der Waals surface area contributed by atoms with Gasteiger partial charge in [0.2, 0.25) is 0 Å². The van der Waals surface area contributed by atoms with Gasteiger partial charge in [0.1, 0.15) is 0 Å². The van der Waals surface area contributed by atoms with Gasteiger partial charge in [0.15, 0.2) is 0 Å². The molecule has 32 heavy (non-hydrogen) atoms. The normalized spacial score (nSPS) is 21.3. The van der Waals surface area contributed by atoms with Crippen LogP contribution < -0.4 is 21.3 Å². The van der Waals surface area contributed by atoms with Gasteiger partial charge >= 0.3 is 187 Å². The molecule has 1 aliphatic rings. The second kappa shape index (κ2) is 13.2. The van der Waals surface area contributed by atoms with Crippen LogP contribution in [0.3, 0.4) is 0 Å².